The van der Waals surface area contributed by atoms with Gasteiger partial charge in [-0.1, -0.05) is 11.8 Å². The Balaban J connectivity index is 1.52. The second-order valence-corrected chi connectivity index (χ2v) is 7.51. The number of nitrogens with zero attached hydrogens (tertiary/aromatic N) is 2. The van der Waals surface area contributed by atoms with E-state index < -0.39 is 12.2 Å². The molecule has 30 heavy (non-hydrogen) atoms. The number of halogens is 2. The quantitative estimate of drug-likeness (QED) is 0.301. The Hall–Kier alpha value is -3.20. The van der Waals surface area contributed by atoms with Crippen LogP contribution in [0, 0.1) is 13.8 Å². The fraction of sp³-hybridized carbons (Fsp3) is 0.190. The fourth-order valence-corrected chi connectivity index (χ4v) is 3.66. The minimum atomic E-state index is -2.88. The number of hydrogen-bond acceptors (Lipinski definition) is 7. The van der Waals surface area contributed by atoms with Crippen LogP contribution in [0.2, 0.25) is 0 Å². The van der Waals surface area contributed by atoms with E-state index in [2.05, 4.69) is 14.9 Å². The van der Waals surface area contributed by atoms with Crippen molar-refractivity contribution in [3.8, 4) is 17.2 Å². The van der Waals surface area contributed by atoms with E-state index >= 15 is 0 Å². The molecule has 0 radical (unpaired) electrons. The summed E-state index contributed by atoms with van der Waals surface area (Å²) in [5, 5.41) is 9.18. The molecular weight excluding hydrogens is 414 g/mol. The average Bonchev–Trinajstić information content (AvgIpc) is 3.16. The molecule has 0 fully saturated rings. The number of ether oxygens (including phenoxy) is 1. The van der Waals surface area contributed by atoms with Crippen LogP contribution in [0.3, 0.4) is 0 Å². The Labute approximate surface area is 173 Å². The second kappa shape index (κ2) is 8.27. The Bertz CT molecular complexity index is 1250. The maximum Gasteiger partial charge on any atom is 0.387 e. The monoisotopic (exact) mass is 430 g/mol. The van der Waals surface area contributed by atoms with Gasteiger partial charge in [0.25, 0.3) is 5.22 Å². The van der Waals surface area contributed by atoms with Crippen molar-refractivity contribution in [3.63, 3.8) is 0 Å². The van der Waals surface area contributed by atoms with Crippen LogP contribution >= 0.6 is 11.8 Å². The van der Waals surface area contributed by atoms with Crippen molar-refractivity contribution < 1.29 is 22.4 Å². The highest BCUT2D eigenvalue weighted by Crippen LogP contribution is 2.30. The van der Waals surface area contributed by atoms with Crippen LogP contribution in [0.15, 0.2) is 61.3 Å². The molecule has 154 valence electrons. The lowest BCUT2D eigenvalue weighted by molar-refractivity contribution is -0.0498. The van der Waals surface area contributed by atoms with E-state index in [1.165, 1.54) is 30.0 Å². The normalized spacial score (nSPS) is 11.4. The highest BCUT2D eigenvalue weighted by Gasteiger charge is 2.13. The molecule has 0 spiro atoms. The summed E-state index contributed by atoms with van der Waals surface area (Å²) in [5.74, 6) is 0.737. The van der Waals surface area contributed by atoms with Gasteiger partial charge >= 0.3 is 12.2 Å². The van der Waals surface area contributed by atoms with Gasteiger partial charge in [-0.2, -0.15) is 8.78 Å². The van der Waals surface area contributed by atoms with Crippen LogP contribution in [0.25, 0.3) is 22.4 Å². The number of alkyl halides is 2. The lowest BCUT2D eigenvalue weighted by Gasteiger charge is -2.07. The van der Waals surface area contributed by atoms with Crippen LogP contribution in [0.5, 0.6) is 5.75 Å². The van der Waals surface area contributed by atoms with Crippen LogP contribution in [-0.4, -0.2) is 16.8 Å². The van der Waals surface area contributed by atoms with Gasteiger partial charge in [0.15, 0.2) is 0 Å². The molecule has 6 nitrogen and oxygen atoms in total. The molecule has 2 aromatic carbocycles. The Morgan fingerprint density at radius 2 is 1.77 bits per heavy atom. The molecule has 0 aliphatic carbocycles. The molecule has 0 unspecified atom stereocenters. The van der Waals surface area contributed by atoms with Crippen LogP contribution < -0.4 is 10.4 Å². The molecular formula is C21H16F2N2O4S. The third-order valence-corrected chi connectivity index (χ3v) is 5.40. The molecule has 0 amide bonds. The van der Waals surface area contributed by atoms with Gasteiger partial charge in [-0.05, 0) is 66.9 Å². The highest BCUT2D eigenvalue weighted by atomic mass is 32.2. The number of thioether (sulfide) groups is 1. The molecule has 0 saturated carbocycles. The maximum atomic E-state index is 12.2. The number of rotatable bonds is 6. The molecule has 2 aromatic heterocycles. The van der Waals surface area contributed by atoms with Gasteiger partial charge in [-0.3, -0.25) is 0 Å². The molecule has 4 aromatic rings. The van der Waals surface area contributed by atoms with Crippen molar-refractivity contribution in [2.24, 2.45) is 0 Å². The summed E-state index contributed by atoms with van der Waals surface area (Å²) < 4.78 is 39.8. The van der Waals surface area contributed by atoms with Crippen molar-refractivity contribution in [3.05, 3.63) is 69.6 Å². The molecule has 0 saturated heterocycles. The van der Waals surface area contributed by atoms with E-state index in [-0.39, 0.29) is 11.6 Å². The summed E-state index contributed by atoms with van der Waals surface area (Å²) in [6.07, 6.45) is 0. The van der Waals surface area contributed by atoms with E-state index in [4.69, 9.17) is 8.83 Å². The molecule has 0 atom stereocenters. The summed E-state index contributed by atoms with van der Waals surface area (Å²) in [6.45, 7) is 1.08. The van der Waals surface area contributed by atoms with Gasteiger partial charge in [-0.25, -0.2) is 4.79 Å². The Morgan fingerprint density at radius 1 is 1.03 bits per heavy atom. The minimum Gasteiger partial charge on any atom is -0.435 e. The van der Waals surface area contributed by atoms with E-state index in [0.29, 0.717) is 22.1 Å². The van der Waals surface area contributed by atoms with Crippen molar-refractivity contribution in [1.82, 2.24) is 10.2 Å². The zero-order chi connectivity index (χ0) is 21.3. The van der Waals surface area contributed by atoms with Crippen molar-refractivity contribution in [2.75, 3.05) is 0 Å². The summed E-state index contributed by atoms with van der Waals surface area (Å²) in [7, 11) is 0. The molecule has 2 heterocycles. The lowest BCUT2D eigenvalue weighted by atomic mass is 10.0. The predicted octanol–water partition coefficient (Wildman–Crippen LogP) is 5.35. The third-order valence-electron chi connectivity index (χ3n) is 4.53. The maximum absolute atomic E-state index is 12.2. The van der Waals surface area contributed by atoms with E-state index in [1.54, 1.807) is 12.1 Å². The third kappa shape index (κ3) is 4.35. The largest absolute Gasteiger partial charge is 0.435 e. The SMILES string of the molecule is Cc1cc2oc(=O)cc(CSc3nnc(-c4ccc(OC(F)F)cc4)o3)c2cc1C. The van der Waals surface area contributed by atoms with Gasteiger partial charge < -0.3 is 13.6 Å². The Morgan fingerprint density at radius 3 is 2.50 bits per heavy atom. The topological polar surface area (TPSA) is 78.4 Å². The van der Waals surface area contributed by atoms with Gasteiger partial charge in [0.1, 0.15) is 11.3 Å². The predicted molar refractivity (Wildman–Crippen MR) is 108 cm³/mol. The first kappa shape index (κ1) is 20.1. The minimum absolute atomic E-state index is 0.0446. The summed E-state index contributed by atoms with van der Waals surface area (Å²) in [4.78, 5) is 11.9. The number of benzene rings is 2. The van der Waals surface area contributed by atoms with Crippen molar-refractivity contribution in [1.29, 1.82) is 0 Å². The number of aromatic nitrogens is 2. The van der Waals surface area contributed by atoms with Gasteiger partial charge in [0, 0.05) is 22.8 Å². The molecule has 0 aliphatic heterocycles. The molecule has 0 N–H and O–H groups in total. The first-order valence-electron chi connectivity index (χ1n) is 8.94. The molecule has 0 bridgehead atoms. The van der Waals surface area contributed by atoms with Crippen molar-refractivity contribution >= 4 is 22.7 Å². The fourth-order valence-electron chi connectivity index (χ4n) is 2.91. The number of hydrogen-bond donors (Lipinski definition) is 0. The standard InChI is InChI=1S/C21H16F2N2O4S/c1-11-7-16-14(9-18(26)28-17(16)8-12(11)2)10-30-21-25-24-19(29-21)13-3-5-15(6-4-13)27-20(22)23/h3-9,20H,10H2,1-2H3. The van der Waals surface area contributed by atoms with Crippen LogP contribution in [-0.2, 0) is 5.75 Å². The molecule has 9 heteroatoms. The number of aryl methyl sites for hydroxylation is 2. The smallest absolute Gasteiger partial charge is 0.387 e. The van der Waals surface area contributed by atoms with E-state index in [9.17, 15) is 13.6 Å². The second-order valence-electron chi connectivity index (χ2n) is 6.59. The molecule has 0 aliphatic rings. The van der Waals surface area contributed by atoms with Crippen LogP contribution in [0.4, 0.5) is 8.78 Å². The first-order valence-corrected chi connectivity index (χ1v) is 9.93. The zero-order valence-corrected chi connectivity index (χ0v) is 16.8. The summed E-state index contributed by atoms with van der Waals surface area (Å²) in [6, 6.07) is 11.2. The van der Waals surface area contributed by atoms with Gasteiger partial charge in [0.2, 0.25) is 5.89 Å². The van der Waals surface area contributed by atoms with E-state index in [0.717, 1.165) is 22.1 Å². The van der Waals surface area contributed by atoms with E-state index in [1.807, 2.05) is 26.0 Å². The van der Waals surface area contributed by atoms with Gasteiger partial charge in [-0.15, -0.1) is 10.2 Å². The first-order chi connectivity index (χ1) is 14.4. The van der Waals surface area contributed by atoms with Crippen LogP contribution in [0.1, 0.15) is 16.7 Å². The number of fused-ring (bicyclic) bond motifs is 1. The van der Waals surface area contributed by atoms with Crippen molar-refractivity contribution in [2.45, 2.75) is 31.4 Å². The van der Waals surface area contributed by atoms with Gasteiger partial charge in [0.05, 0.1) is 0 Å². The average molecular weight is 430 g/mol. The summed E-state index contributed by atoms with van der Waals surface area (Å²) in [5.41, 5.74) is 3.65. The molecule has 4 rings (SSSR count). The highest BCUT2D eigenvalue weighted by molar-refractivity contribution is 7.98. The lowest BCUT2D eigenvalue weighted by Crippen LogP contribution is -2.01. The summed E-state index contributed by atoms with van der Waals surface area (Å²) >= 11 is 1.29. The Kier molecular flexibility index (Phi) is 5.54. The zero-order valence-electron chi connectivity index (χ0n) is 16.0.